The fraction of sp³-hybridized carbons (Fsp3) is 0.625. The van der Waals surface area contributed by atoms with Crippen LogP contribution in [0.3, 0.4) is 0 Å². The molecule has 0 aromatic heterocycles. The molecule has 0 aliphatic carbocycles. The summed E-state index contributed by atoms with van der Waals surface area (Å²) in [6, 6.07) is 6.58. The SMILES string of the molecule is CC(C)c1cccc2c1OCCCC2C(C)CN. The molecule has 1 aliphatic heterocycles. The van der Waals surface area contributed by atoms with Crippen LogP contribution in [0.15, 0.2) is 18.2 Å². The predicted octanol–water partition coefficient (Wildman–Crippen LogP) is 3.66. The molecule has 0 amide bonds. The van der Waals surface area contributed by atoms with Crippen LogP contribution in [0.1, 0.15) is 56.6 Å². The van der Waals surface area contributed by atoms with Gasteiger partial charge < -0.3 is 10.5 Å². The normalized spacial score (nSPS) is 21.1. The maximum Gasteiger partial charge on any atom is 0.126 e. The van der Waals surface area contributed by atoms with E-state index < -0.39 is 0 Å². The lowest BCUT2D eigenvalue weighted by Crippen LogP contribution is -2.19. The molecule has 0 bridgehead atoms. The highest BCUT2D eigenvalue weighted by atomic mass is 16.5. The Morgan fingerprint density at radius 2 is 2.11 bits per heavy atom. The van der Waals surface area contributed by atoms with Gasteiger partial charge in [-0.05, 0) is 48.3 Å². The molecular formula is C16H25NO. The average Bonchev–Trinajstić information content (AvgIpc) is 2.59. The van der Waals surface area contributed by atoms with Gasteiger partial charge in [0.1, 0.15) is 5.75 Å². The summed E-state index contributed by atoms with van der Waals surface area (Å²) in [6.07, 6.45) is 2.31. The van der Waals surface area contributed by atoms with Crippen molar-refractivity contribution < 1.29 is 4.74 Å². The summed E-state index contributed by atoms with van der Waals surface area (Å²) < 4.78 is 6.02. The van der Waals surface area contributed by atoms with Crippen molar-refractivity contribution in [2.24, 2.45) is 11.7 Å². The molecule has 1 aliphatic rings. The van der Waals surface area contributed by atoms with Crippen molar-refractivity contribution in [1.82, 2.24) is 0 Å². The third kappa shape index (κ3) is 2.54. The van der Waals surface area contributed by atoms with E-state index in [0.29, 0.717) is 17.8 Å². The van der Waals surface area contributed by atoms with Gasteiger partial charge in [0, 0.05) is 0 Å². The fourth-order valence-electron chi connectivity index (χ4n) is 2.88. The van der Waals surface area contributed by atoms with Gasteiger partial charge in [0.25, 0.3) is 0 Å². The van der Waals surface area contributed by atoms with Crippen molar-refractivity contribution >= 4 is 0 Å². The van der Waals surface area contributed by atoms with Crippen molar-refractivity contribution in [3.8, 4) is 5.75 Å². The molecule has 0 radical (unpaired) electrons. The molecule has 100 valence electrons. The molecule has 1 aromatic carbocycles. The Hall–Kier alpha value is -1.02. The number of rotatable bonds is 3. The Balaban J connectivity index is 2.45. The zero-order chi connectivity index (χ0) is 13.1. The largest absolute Gasteiger partial charge is 0.493 e. The summed E-state index contributed by atoms with van der Waals surface area (Å²) >= 11 is 0. The number of nitrogens with two attached hydrogens (primary N) is 1. The Morgan fingerprint density at radius 3 is 2.78 bits per heavy atom. The van der Waals surface area contributed by atoms with Crippen molar-refractivity contribution in [2.75, 3.05) is 13.2 Å². The average molecular weight is 247 g/mol. The second-order valence-electron chi connectivity index (χ2n) is 5.73. The quantitative estimate of drug-likeness (QED) is 0.884. The molecular weight excluding hydrogens is 222 g/mol. The van der Waals surface area contributed by atoms with Gasteiger partial charge in [-0.25, -0.2) is 0 Å². The van der Waals surface area contributed by atoms with Crippen LogP contribution >= 0.6 is 0 Å². The summed E-state index contributed by atoms with van der Waals surface area (Å²) in [5, 5.41) is 0. The number of hydrogen-bond acceptors (Lipinski definition) is 2. The van der Waals surface area contributed by atoms with Crippen molar-refractivity contribution in [3.05, 3.63) is 29.3 Å². The molecule has 2 atom stereocenters. The number of para-hydroxylation sites is 1. The van der Waals surface area contributed by atoms with Crippen LogP contribution in [0.5, 0.6) is 5.75 Å². The first-order chi connectivity index (χ1) is 8.65. The molecule has 0 spiro atoms. The highest BCUT2D eigenvalue weighted by Gasteiger charge is 2.26. The molecule has 1 heterocycles. The van der Waals surface area contributed by atoms with Crippen molar-refractivity contribution in [1.29, 1.82) is 0 Å². The molecule has 2 heteroatoms. The van der Waals surface area contributed by atoms with Gasteiger partial charge in [-0.2, -0.15) is 0 Å². The first-order valence-corrected chi connectivity index (χ1v) is 7.10. The van der Waals surface area contributed by atoms with Crippen LogP contribution in [-0.4, -0.2) is 13.2 Å². The van der Waals surface area contributed by atoms with Crippen LogP contribution in [0.2, 0.25) is 0 Å². The van der Waals surface area contributed by atoms with E-state index in [2.05, 4.69) is 39.0 Å². The number of fused-ring (bicyclic) bond motifs is 1. The lowest BCUT2D eigenvalue weighted by atomic mass is 9.82. The van der Waals surface area contributed by atoms with Crippen molar-refractivity contribution in [3.63, 3.8) is 0 Å². The monoisotopic (exact) mass is 247 g/mol. The minimum atomic E-state index is 0.506. The van der Waals surface area contributed by atoms with Gasteiger partial charge in [0.05, 0.1) is 6.61 Å². The summed E-state index contributed by atoms with van der Waals surface area (Å²) in [5.74, 6) is 2.71. The molecule has 2 nitrogen and oxygen atoms in total. The van der Waals surface area contributed by atoms with Crippen LogP contribution in [0.4, 0.5) is 0 Å². The van der Waals surface area contributed by atoms with Crippen molar-refractivity contribution in [2.45, 2.75) is 45.4 Å². The van der Waals surface area contributed by atoms with E-state index >= 15 is 0 Å². The smallest absolute Gasteiger partial charge is 0.126 e. The molecule has 0 saturated carbocycles. The Labute approximate surface area is 111 Å². The summed E-state index contributed by atoms with van der Waals surface area (Å²) in [4.78, 5) is 0. The Morgan fingerprint density at radius 1 is 1.33 bits per heavy atom. The first-order valence-electron chi connectivity index (χ1n) is 7.10. The number of benzene rings is 1. The fourth-order valence-corrected chi connectivity index (χ4v) is 2.88. The van der Waals surface area contributed by atoms with E-state index in [9.17, 15) is 0 Å². The second-order valence-corrected chi connectivity index (χ2v) is 5.73. The van der Waals surface area contributed by atoms with E-state index in [-0.39, 0.29) is 0 Å². The van der Waals surface area contributed by atoms with Gasteiger partial charge in [0.2, 0.25) is 0 Å². The lowest BCUT2D eigenvalue weighted by Gasteiger charge is -2.24. The standard InChI is InChI=1S/C16H25NO/c1-11(2)13-6-4-7-15-14(12(3)10-17)8-5-9-18-16(13)15/h4,6-7,11-12,14H,5,8-10,17H2,1-3H3. The molecule has 0 fully saturated rings. The van der Waals surface area contributed by atoms with E-state index in [0.717, 1.165) is 25.3 Å². The third-order valence-electron chi connectivity index (χ3n) is 4.06. The van der Waals surface area contributed by atoms with Gasteiger partial charge in [-0.3, -0.25) is 0 Å². The molecule has 1 aromatic rings. The zero-order valence-corrected chi connectivity index (χ0v) is 11.8. The summed E-state index contributed by atoms with van der Waals surface area (Å²) in [5.41, 5.74) is 8.58. The lowest BCUT2D eigenvalue weighted by molar-refractivity contribution is 0.310. The van der Waals surface area contributed by atoms with E-state index in [1.54, 1.807) is 0 Å². The number of hydrogen-bond donors (Lipinski definition) is 1. The van der Waals surface area contributed by atoms with Gasteiger partial charge in [-0.1, -0.05) is 39.0 Å². The minimum Gasteiger partial charge on any atom is -0.493 e. The van der Waals surface area contributed by atoms with Crippen LogP contribution in [0, 0.1) is 5.92 Å². The van der Waals surface area contributed by atoms with E-state index in [1.165, 1.54) is 17.5 Å². The third-order valence-corrected chi connectivity index (χ3v) is 4.06. The van der Waals surface area contributed by atoms with Crippen LogP contribution < -0.4 is 10.5 Å². The summed E-state index contributed by atoms with van der Waals surface area (Å²) in [6.45, 7) is 8.29. The highest BCUT2D eigenvalue weighted by molar-refractivity contribution is 5.46. The summed E-state index contributed by atoms with van der Waals surface area (Å²) in [7, 11) is 0. The van der Waals surface area contributed by atoms with Crippen LogP contribution in [0.25, 0.3) is 0 Å². The van der Waals surface area contributed by atoms with E-state index in [4.69, 9.17) is 10.5 Å². The Bertz CT molecular complexity index is 400. The first kappa shape index (κ1) is 13.4. The molecule has 0 saturated heterocycles. The topological polar surface area (TPSA) is 35.2 Å². The minimum absolute atomic E-state index is 0.506. The predicted molar refractivity (Wildman–Crippen MR) is 76.2 cm³/mol. The highest BCUT2D eigenvalue weighted by Crippen LogP contribution is 2.41. The molecule has 18 heavy (non-hydrogen) atoms. The Kier molecular flexibility index (Phi) is 4.28. The molecule has 2 rings (SSSR count). The maximum absolute atomic E-state index is 6.02. The molecule has 2 N–H and O–H groups in total. The molecule has 2 unspecified atom stereocenters. The second kappa shape index (κ2) is 5.75. The van der Waals surface area contributed by atoms with Gasteiger partial charge in [0.15, 0.2) is 0 Å². The number of ether oxygens (including phenoxy) is 1. The zero-order valence-electron chi connectivity index (χ0n) is 11.8. The maximum atomic E-state index is 6.02. The van der Waals surface area contributed by atoms with E-state index in [1.807, 2.05) is 0 Å². The van der Waals surface area contributed by atoms with Gasteiger partial charge >= 0.3 is 0 Å². The van der Waals surface area contributed by atoms with Crippen LogP contribution in [-0.2, 0) is 0 Å². The van der Waals surface area contributed by atoms with Gasteiger partial charge in [-0.15, -0.1) is 0 Å².